The summed E-state index contributed by atoms with van der Waals surface area (Å²) in [6.07, 6.45) is 1.28. The fourth-order valence-electron chi connectivity index (χ4n) is 1.37. The maximum atomic E-state index is 11.6. The van der Waals surface area contributed by atoms with Crippen LogP contribution in [0.15, 0.2) is 17.1 Å². The van der Waals surface area contributed by atoms with Gasteiger partial charge in [-0.1, -0.05) is 6.92 Å². The average molecular weight is 245 g/mol. The van der Waals surface area contributed by atoms with Crippen molar-refractivity contribution in [3.05, 3.63) is 38.3 Å². The Bertz CT molecular complexity index is 456. The van der Waals surface area contributed by atoms with Crippen molar-refractivity contribution < 1.29 is 4.92 Å². The van der Waals surface area contributed by atoms with E-state index in [1.54, 1.807) is 6.92 Å². The molecular formula is C10H13ClN2O3. The summed E-state index contributed by atoms with van der Waals surface area (Å²) in [5.41, 5.74) is 0.103. The minimum atomic E-state index is -0.489. The van der Waals surface area contributed by atoms with Gasteiger partial charge in [0.1, 0.15) is 0 Å². The topological polar surface area (TPSA) is 65.1 Å². The molecule has 5 nitrogen and oxygen atoms in total. The summed E-state index contributed by atoms with van der Waals surface area (Å²) in [4.78, 5) is 21.8. The molecule has 0 aromatic carbocycles. The first-order chi connectivity index (χ1) is 7.45. The van der Waals surface area contributed by atoms with Crippen molar-refractivity contribution in [2.24, 2.45) is 5.92 Å². The van der Waals surface area contributed by atoms with Gasteiger partial charge < -0.3 is 4.57 Å². The molecule has 88 valence electrons. The maximum absolute atomic E-state index is 11.6. The highest BCUT2D eigenvalue weighted by Crippen LogP contribution is 2.14. The zero-order valence-electron chi connectivity index (χ0n) is 9.14. The van der Waals surface area contributed by atoms with E-state index in [1.807, 2.05) is 6.92 Å². The van der Waals surface area contributed by atoms with Gasteiger partial charge in [0.2, 0.25) is 0 Å². The SMILES string of the molecule is Cc1cc(=O)n(CC(C)CCl)cc1[N+](=O)[O-]. The maximum Gasteiger partial charge on any atom is 0.288 e. The Morgan fingerprint density at radius 3 is 2.75 bits per heavy atom. The Hall–Kier alpha value is -1.36. The minimum absolute atomic E-state index is 0.0404. The van der Waals surface area contributed by atoms with E-state index >= 15 is 0 Å². The normalized spacial score (nSPS) is 12.4. The fourth-order valence-corrected chi connectivity index (χ4v) is 1.47. The Balaban J connectivity index is 3.15. The minimum Gasteiger partial charge on any atom is -0.309 e. The van der Waals surface area contributed by atoms with Crippen LogP contribution in [0.2, 0.25) is 0 Å². The van der Waals surface area contributed by atoms with E-state index in [9.17, 15) is 14.9 Å². The van der Waals surface area contributed by atoms with Crippen LogP contribution in [0.4, 0.5) is 5.69 Å². The molecular weight excluding hydrogens is 232 g/mol. The second kappa shape index (κ2) is 5.12. The molecule has 0 saturated carbocycles. The van der Waals surface area contributed by atoms with Crippen molar-refractivity contribution in [2.45, 2.75) is 20.4 Å². The molecule has 0 fully saturated rings. The summed E-state index contributed by atoms with van der Waals surface area (Å²) < 4.78 is 1.33. The summed E-state index contributed by atoms with van der Waals surface area (Å²) >= 11 is 5.64. The van der Waals surface area contributed by atoms with E-state index in [2.05, 4.69) is 0 Å². The number of halogens is 1. The van der Waals surface area contributed by atoms with Gasteiger partial charge in [0.15, 0.2) is 0 Å². The molecule has 1 atom stereocenters. The first kappa shape index (κ1) is 12.7. The zero-order chi connectivity index (χ0) is 12.3. The number of pyridine rings is 1. The highest BCUT2D eigenvalue weighted by Gasteiger charge is 2.14. The van der Waals surface area contributed by atoms with E-state index < -0.39 is 4.92 Å². The predicted octanol–water partition coefficient (Wildman–Crippen LogP) is 1.94. The highest BCUT2D eigenvalue weighted by atomic mass is 35.5. The number of hydrogen-bond acceptors (Lipinski definition) is 3. The molecule has 0 aliphatic carbocycles. The first-order valence-corrected chi connectivity index (χ1v) is 5.40. The third-order valence-corrected chi connectivity index (χ3v) is 2.80. The molecule has 1 aromatic heterocycles. The van der Waals surface area contributed by atoms with Gasteiger partial charge in [-0.15, -0.1) is 11.6 Å². The summed E-state index contributed by atoms with van der Waals surface area (Å²) in [7, 11) is 0. The number of nitrogens with zero attached hydrogens (tertiary/aromatic N) is 2. The lowest BCUT2D eigenvalue weighted by molar-refractivity contribution is -0.385. The number of aryl methyl sites for hydroxylation is 1. The van der Waals surface area contributed by atoms with Crippen molar-refractivity contribution in [3.63, 3.8) is 0 Å². The molecule has 1 heterocycles. The standard InChI is InChI=1S/C10H13ClN2O3/c1-7(4-11)5-12-6-9(13(15)16)8(2)3-10(12)14/h3,6-7H,4-5H2,1-2H3. The Morgan fingerprint density at radius 2 is 2.25 bits per heavy atom. The van der Waals surface area contributed by atoms with E-state index in [1.165, 1.54) is 16.8 Å². The first-order valence-electron chi connectivity index (χ1n) is 4.87. The van der Waals surface area contributed by atoms with E-state index in [0.717, 1.165) is 0 Å². The molecule has 0 N–H and O–H groups in total. The Morgan fingerprint density at radius 1 is 1.62 bits per heavy atom. The van der Waals surface area contributed by atoms with Crippen molar-refractivity contribution in [3.8, 4) is 0 Å². The zero-order valence-corrected chi connectivity index (χ0v) is 9.90. The molecule has 0 radical (unpaired) electrons. The Kier molecular flexibility index (Phi) is 4.06. The molecule has 6 heteroatoms. The molecule has 0 bridgehead atoms. The molecule has 0 aliphatic heterocycles. The molecule has 1 unspecified atom stereocenters. The van der Waals surface area contributed by atoms with Gasteiger partial charge in [-0.3, -0.25) is 14.9 Å². The largest absolute Gasteiger partial charge is 0.309 e. The molecule has 0 aliphatic rings. The van der Waals surface area contributed by atoms with Crippen LogP contribution >= 0.6 is 11.6 Å². The number of hydrogen-bond donors (Lipinski definition) is 0. The number of aromatic nitrogens is 1. The quantitative estimate of drug-likeness (QED) is 0.462. The van der Waals surface area contributed by atoms with Gasteiger partial charge in [-0.25, -0.2) is 0 Å². The van der Waals surface area contributed by atoms with Gasteiger partial charge >= 0.3 is 0 Å². The van der Waals surface area contributed by atoms with Gasteiger partial charge in [-0.2, -0.15) is 0 Å². The van der Waals surface area contributed by atoms with Crippen molar-refractivity contribution in [2.75, 3.05) is 5.88 Å². The summed E-state index contributed by atoms with van der Waals surface area (Å²) in [6.45, 7) is 3.82. The van der Waals surface area contributed by atoms with E-state index in [4.69, 9.17) is 11.6 Å². The molecule has 1 rings (SSSR count). The lowest BCUT2D eigenvalue weighted by Crippen LogP contribution is -2.23. The van der Waals surface area contributed by atoms with Crippen molar-refractivity contribution in [1.82, 2.24) is 4.57 Å². The summed E-state index contributed by atoms with van der Waals surface area (Å²) in [5, 5.41) is 10.7. The van der Waals surface area contributed by atoms with Gasteiger partial charge in [-0.05, 0) is 12.8 Å². The van der Waals surface area contributed by atoms with Crippen LogP contribution in [0.5, 0.6) is 0 Å². The van der Waals surface area contributed by atoms with Crippen LogP contribution in [0.1, 0.15) is 12.5 Å². The monoisotopic (exact) mass is 244 g/mol. The molecule has 0 saturated heterocycles. The van der Waals surface area contributed by atoms with E-state index in [0.29, 0.717) is 18.0 Å². The average Bonchev–Trinajstić information content (AvgIpc) is 2.21. The van der Waals surface area contributed by atoms with Crippen LogP contribution in [-0.4, -0.2) is 15.4 Å². The second-order valence-corrected chi connectivity index (χ2v) is 4.16. The predicted molar refractivity (Wildman–Crippen MR) is 62.0 cm³/mol. The number of rotatable bonds is 4. The van der Waals surface area contributed by atoms with Gasteiger partial charge in [0, 0.05) is 24.1 Å². The third kappa shape index (κ3) is 2.82. The fraction of sp³-hybridized carbons (Fsp3) is 0.500. The summed E-state index contributed by atoms with van der Waals surface area (Å²) in [5.74, 6) is 0.510. The highest BCUT2D eigenvalue weighted by molar-refractivity contribution is 6.18. The Labute approximate surface area is 97.8 Å². The number of alkyl halides is 1. The smallest absolute Gasteiger partial charge is 0.288 e. The van der Waals surface area contributed by atoms with Crippen LogP contribution in [0.25, 0.3) is 0 Å². The molecule has 16 heavy (non-hydrogen) atoms. The molecule has 0 amide bonds. The second-order valence-electron chi connectivity index (χ2n) is 3.85. The lowest BCUT2D eigenvalue weighted by atomic mass is 10.2. The van der Waals surface area contributed by atoms with Crippen LogP contribution in [-0.2, 0) is 6.54 Å². The third-order valence-electron chi connectivity index (χ3n) is 2.27. The molecule has 0 spiro atoms. The lowest BCUT2D eigenvalue weighted by Gasteiger charge is -2.10. The van der Waals surface area contributed by atoms with Crippen LogP contribution in [0.3, 0.4) is 0 Å². The van der Waals surface area contributed by atoms with Crippen LogP contribution in [0, 0.1) is 23.0 Å². The van der Waals surface area contributed by atoms with Gasteiger partial charge in [0.25, 0.3) is 11.2 Å². The summed E-state index contributed by atoms with van der Waals surface area (Å²) in [6, 6.07) is 1.28. The number of nitro groups is 1. The van der Waals surface area contributed by atoms with E-state index in [-0.39, 0.29) is 17.2 Å². The van der Waals surface area contributed by atoms with Crippen molar-refractivity contribution >= 4 is 17.3 Å². The van der Waals surface area contributed by atoms with Crippen molar-refractivity contribution in [1.29, 1.82) is 0 Å². The van der Waals surface area contributed by atoms with Gasteiger partial charge in [0.05, 0.1) is 11.1 Å². The van der Waals surface area contributed by atoms with Crippen LogP contribution < -0.4 is 5.56 Å². The molecule has 1 aromatic rings.